The van der Waals surface area contributed by atoms with Crippen LogP contribution in [-0.4, -0.2) is 39.8 Å². The van der Waals surface area contributed by atoms with Gasteiger partial charge in [-0.2, -0.15) is 13.2 Å². The Morgan fingerprint density at radius 2 is 1.92 bits per heavy atom. The van der Waals surface area contributed by atoms with Crippen molar-refractivity contribution in [1.82, 2.24) is 9.62 Å². The van der Waals surface area contributed by atoms with Crippen LogP contribution in [0.2, 0.25) is 0 Å². The van der Waals surface area contributed by atoms with Crippen LogP contribution >= 0.6 is 0 Å². The molecule has 2 aromatic carbocycles. The van der Waals surface area contributed by atoms with E-state index in [1.165, 1.54) is 47.8 Å². The molecule has 0 spiro atoms. The summed E-state index contributed by atoms with van der Waals surface area (Å²) in [6.07, 6.45) is 2.07. The summed E-state index contributed by atoms with van der Waals surface area (Å²) >= 11 is 0. The summed E-state index contributed by atoms with van der Waals surface area (Å²) in [6, 6.07) is 9.38. The molecule has 0 bridgehead atoms. The van der Waals surface area contributed by atoms with Crippen molar-refractivity contribution in [2.75, 3.05) is 13.6 Å². The molecule has 0 radical (unpaired) electrons. The zero-order chi connectivity index (χ0) is 27.4. The molecule has 4 rings (SSSR count). The third-order valence-electron chi connectivity index (χ3n) is 6.10. The fraction of sp³-hybridized carbons (Fsp3) is 0.259. The minimum Gasteiger partial charge on any atom is -0.446 e. The number of carbonyl (C=O) groups excluding carboxylic acids is 1. The molecule has 2 heterocycles. The van der Waals surface area contributed by atoms with Gasteiger partial charge in [0, 0.05) is 36.8 Å². The number of hydrogen-bond donors (Lipinski definition) is 1. The van der Waals surface area contributed by atoms with Crippen molar-refractivity contribution in [2.24, 2.45) is 4.99 Å². The smallest absolute Gasteiger partial charge is 0.416 e. The van der Waals surface area contributed by atoms with E-state index in [2.05, 4.69) is 10.3 Å². The third kappa shape index (κ3) is 6.46. The van der Waals surface area contributed by atoms with Gasteiger partial charge in [0.25, 0.3) is 0 Å². The second-order valence-electron chi connectivity index (χ2n) is 8.75. The highest BCUT2D eigenvalue weighted by atomic mass is 32.2. The van der Waals surface area contributed by atoms with Gasteiger partial charge >= 0.3 is 6.18 Å². The number of halogens is 4. The normalized spacial score (nSPS) is 19.6. The van der Waals surface area contributed by atoms with Crippen LogP contribution in [0.15, 0.2) is 87.0 Å². The minimum atomic E-state index is -4.43. The Bertz CT molecular complexity index is 1440. The SMILES string of the molecule is CC(C(=O)NC/C1=C/C(c2ccc(C(F)(F)F)cc2)=N/C=C\CC1)N(C)S(=O)c1cc2cc(F)ccc2o1. The molecule has 1 aliphatic heterocycles. The first-order chi connectivity index (χ1) is 18.0. The van der Waals surface area contributed by atoms with Gasteiger partial charge in [-0.25, -0.2) is 12.9 Å². The Kier molecular flexibility index (Phi) is 8.27. The number of aliphatic imine (C=N–C) groups is 1. The van der Waals surface area contributed by atoms with Gasteiger partial charge in [-0.3, -0.25) is 9.79 Å². The standard InChI is InChI=1S/C27H25F4N3O3S/c1-17(34(2)38(36)25-15-20-14-22(28)10-11-24(20)37-25)26(35)33-16-18-5-3-4-12-32-23(13-18)19-6-8-21(9-7-19)27(29,30)31/h4,6-15,17H,3,5,16H2,1-2H3,(H,33,35)/b12-4-,18-13+,32-23-. The molecule has 2 atom stereocenters. The molecule has 0 saturated heterocycles. The lowest BCUT2D eigenvalue weighted by Crippen LogP contribution is -2.44. The molecule has 1 aliphatic rings. The minimum absolute atomic E-state index is 0.0969. The summed E-state index contributed by atoms with van der Waals surface area (Å²) in [4.78, 5) is 17.2. The van der Waals surface area contributed by atoms with E-state index < -0.39 is 34.6 Å². The van der Waals surface area contributed by atoms with Crippen LogP contribution in [0, 0.1) is 5.82 Å². The van der Waals surface area contributed by atoms with Crippen molar-refractivity contribution in [1.29, 1.82) is 0 Å². The van der Waals surface area contributed by atoms with Crippen LogP contribution in [0.25, 0.3) is 11.0 Å². The zero-order valence-corrected chi connectivity index (χ0v) is 21.4. The van der Waals surface area contributed by atoms with Crippen molar-refractivity contribution in [3.05, 3.63) is 89.4 Å². The first kappa shape index (κ1) is 27.5. The van der Waals surface area contributed by atoms with Crippen LogP contribution < -0.4 is 5.32 Å². The molecule has 0 aliphatic carbocycles. The number of amides is 1. The molecule has 6 nitrogen and oxygen atoms in total. The lowest BCUT2D eigenvalue weighted by Gasteiger charge is -2.22. The highest BCUT2D eigenvalue weighted by Gasteiger charge is 2.30. The maximum atomic E-state index is 13.5. The highest BCUT2D eigenvalue weighted by Crippen LogP contribution is 2.29. The van der Waals surface area contributed by atoms with Crippen LogP contribution in [0.4, 0.5) is 17.6 Å². The molecule has 3 aromatic rings. The summed E-state index contributed by atoms with van der Waals surface area (Å²) < 4.78 is 72.1. The molecule has 0 fully saturated rings. The van der Waals surface area contributed by atoms with Gasteiger partial charge in [0.15, 0.2) is 11.0 Å². The van der Waals surface area contributed by atoms with E-state index in [1.807, 2.05) is 6.08 Å². The predicted octanol–water partition coefficient (Wildman–Crippen LogP) is 5.77. The van der Waals surface area contributed by atoms with Crippen molar-refractivity contribution in [3.8, 4) is 0 Å². The average Bonchev–Trinajstić information content (AvgIpc) is 3.29. The second-order valence-corrected chi connectivity index (χ2v) is 10.2. The number of alkyl halides is 3. The first-order valence-electron chi connectivity index (χ1n) is 11.7. The second kappa shape index (κ2) is 11.4. The Morgan fingerprint density at radius 3 is 2.63 bits per heavy atom. The average molecular weight is 548 g/mol. The van der Waals surface area contributed by atoms with E-state index in [9.17, 15) is 26.6 Å². The Balaban J connectivity index is 1.42. The van der Waals surface area contributed by atoms with Crippen molar-refractivity contribution in [3.63, 3.8) is 0 Å². The summed E-state index contributed by atoms with van der Waals surface area (Å²) in [6.45, 7) is 1.78. The van der Waals surface area contributed by atoms with Gasteiger partial charge in [-0.05, 0) is 61.7 Å². The quantitative estimate of drug-likeness (QED) is 0.382. The number of allylic oxidation sites excluding steroid dienone is 2. The van der Waals surface area contributed by atoms with E-state index in [-0.39, 0.29) is 17.5 Å². The number of benzene rings is 2. The Labute approximate surface area is 219 Å². The third-order valence-corrected chi connectivity index (χ3v) is 7.49. The lowest BCUT2D eigenvalue weighted by atomic mass is 10.0. The van der Waals surface area contributed by atoms with Gasteiger partial charge < -0.3 is 9.73 Å². The van der Waals surface area contributed by atoms with Gasteiger partial charge in [-0.1, -0.05) is 18.2 Å². The van der Waals surface area contributed by atoms with Crippen LogP contribution in [0.1, 0.15) is 30.9 Å². The summed E-state index contributed by atoms with van der Waals surface area (Å²) in [5.74, 6) is -0.822. The molecule has 1 aromatic heterocycles. The molecule has 1 N–H and O–H groups in total. The lowest BCUT2D eigenvalue weighted by molar-refractivity contribution is -0.137. The number of likely N-dealkylation sites (N-methyl/N-ethyl adjacent to an activating group) is 1. The Hall–Kier alpha value is -3.57. The fourth-order valence-corrected chi connectivity index (χ4v) is 4.84. The molecule has 1 amide bonds. The van der Waals surface area contributed by atoms with Crippen molar-refractivity contribution < 1.29 is 31.0 Å². The highest BCUT2D eigenvalue weighted by molar-refractivity contribution is 7.82. The van der Waals surface area contributed by atoms with Crippen molar-refractivity contribution >= 4 is 33.6 Å². The maximum Gasteiger partial charge on any atom is 0.416 e. The molecular formula is C27H25F4N3O3S. The van der Waals surface area contributed by atoms with E-state index in [0.717, 1.165) is 17.7 Å². The topological polar surface area (TPSA) is 74.9 Å². The van der Waals surface area contributed by atoms with Crippen LogP contribution in [0.3, 0.4) is 0 Å². The monoisotopic (exact) mass is 547 g/mol. The number of rotatable bonds is 7. The summed E-state index contributed by atoms with van der Waals surface area (Å²) in [5, 5.41) is 3.40. The van der Waals surface area contributed by atoms with E-state index in [4.69, 9.17) is 4.42 Å². The van der Waals surface area contributed by atoms with Gasteiger partial charge in [-0.15, -0.1) is 0 Å². The van der Waals surface area contributed by atoms with Gasteiger partial charge in [0.1, 0.15) is 11.4 Å². The first-order valence-corrected chi connectivity index (χ1v) is 12.8. The number of carbonyl (C=O) groups is 1. The Morgan fingerprint density at radius 1 is 1.18 bits per heavy atom. The van der Waals surface area contributed by atoms with Crippen molar-refractivity contribution in [2.45, 2.75) is 37.1 Å². The number of furan rings is 1. The molecule has 11 heteroatoms. The number of hydrogen-bond acceptors (Lipinski definition) is 4. The zero-order valence-electron chi connectivity index (χ0n) is 20.6. The number of nitrogens with one attached hydrogen (secondary N) is 1. The van der Waals surface area contributed by atoms with E-state index in [1.54, 1.807) is 19.2 Å². The largest absolute Gasteiger partial charge is 0.446 e. The molecule has 200 valence electrons. The fourth-order valence-electron chi connectivity index (χ4n) is 3.78. The van der Waals surface area contributed by atoms with Crippen LogP contribution in [-0.2, 0) is 22.0 Å². The van der Waals surface area contributed by atoms with Crippen LogP contribution in [0.5, 0.6) is 0 Å². The predicted molar refractivity (Wildman–Crippen MR) is 137 cm³/mol. The maximum absolute atomic E-state index is 13.5. The molecule has 0 saturated carbocycles. The summed E-state index contributed by atoms with van der Waals surface area (Å²) in [5.41, 5.74) is 1.46. The number of fused-ring (bicyclic) bond motifs is 1. The van der Waals surface area contributed by atoms with Gasteiger partial charge in [0.2, 0.25) is 11.0 Å². The van der Waals surface area contributed by atoms with Gasteiger partial charge in [0.05, 0.1) is 17.3 Å². The molecule has 38 heavy (non-hydrogen) atoms. The molecular weight excluding hydrogens is 522 g/mol. The number of nitrogens with zero attached hydrogens (tertiary/aromatic N) is 2. The summed E-state index contributed by atoms with van der Waals surface area (Å²) in [7, 11) is -0.293. The molecule has 2 unspecified atom stereocenters. The van der Waals surface area contributed by atoms with E-state index in [0.29, 0.717) is 35.1 Å². The van der Waals surface area contributed by atoms with E-state index >= 15 is 0 Å².